The molecule has 2 aromatic carbocycles. The van der Waals surface area contributed by atoms with Gasteiger partial charge in [-0.15, -0.1) is 0 Å². The van der Waals surface area contributed by atoms with Crippen LogP contribution in [0.15, 0.2) is 48.5 Å². The van der Waals surface area contributed by atoms with E-state index >= 15 is 0 Å². The molecule has 0 unspecified atom stereocenters. The Morgan fingerprint density at radius 3 is 1.00 bits per heavy atom. The van der Waals surface area contributed by atoms with Crippen molar-refractivity contribution in [2.45, 2.75) is 88.5 Å². The van der Waals surface area contributed by atoms with Gasteiger partial charge in [0.05, 0.1) is 0 Å². The van der Waals surface area contributed by atoms with E-state index in [1.807, 2.05) is 0 Å². The van der Waals surface area contributed by atoms with Crippen LogP contribution in [0.4, 0.5) is 0 Å². The van der Waals surface area contributed by atoms with Gasteiger partial charge in [0, 0.05) is 0 Å². The minimum atomic E-state index is 0. The molecule has 0 spiro atoms. The van der Waals surface area contributed by atoms with E-state index in [-0.39, 0.29) is 7.43 Å². The van der Waals surface area contributed by atoms with E-state index in [0.717, 1.165) is 23.7 Å². The average molecular weight is 397 g/mol. The molecule has 0 aromatic heterocycles. The van der Waals surface area contributed by atoms with E-state index < -0.39 is 0 Å². The molecule has 29 heavy (non-hydrogen) atoms. The first-order valence-corrected chi connectivity index (χ1v) is 11.3. The fourth-order valence-corrected chi connectivity index (χ4v) is 3.58. The molecule has 0 amide bonds. The summed E-state index contributed by atoms with van der Waals surface area (Å²) >= 11 is 0. The molecule has 164 valence electrons. The molecule has 0 aliphatic rings. The number of hydrogen-bond donors (Lipinski definition) is 0. The average Bonchev–Trinajstić information content (AvgIpc) is 2.55. The lowest BCUT2D eigenvalue weighted by Crippen LogP contribution is -1.97. The summed E-state index contributed by atoms with van der Waals surface area (Å²) in [6.07, 6.45) is 4.79. The monoisotopic (exact) mass is 396 g/mol. The maximum atomic E-state index is 2.36. The maximum Gasteiger partial charge on any atom is -0.0256 e. The third-order valence-corrected chi connectivity index (χ3v) is 4.59. The smallest absolute Gasteiger partial charge is 0.0256 e. The Morgan fingerprint density at radius 2 is 0.724 bits per heavy atom. The highest BCUT2D eigenvalue weighted by molar-refractivity contribution is 5.24. The van der Waals surface area contributed by atoms with Gasteiger partial charge in [0.2, 0.25) is 0 Å². The number of rotatable bonds is 8. The lowest BCUT2D eigenvalue weighted by molar-refractivity contribution is 0.636. The molecule has 2 aromatic rings. The van der Waals surface area contributed by atoms with Gasteiger partial charge >= 0.3 is 0 Å². The van der Waals surface area contributed by atoms with E-state index in [1.54, 1.807) is 0 Å². The third-order valence-electron chi connectivity index (χ3n) is 4.59. The summed E-state index contributed by atoms with van der Waals surface area (Å²) in [6.45, 7) is 18.2. The Labute approximate surface area is 183 Å². The zero-order valence-electron chi connectivity index (χ0n) is 19.8. The van der Waals surface area contributed by atoms with E-state index in [4.69, 9.17) is 0 Å². The van der Waals surface area contributed by atoms with Gasteiger partial charge in [0.15, 0.2) is 0 Å². The number of benzene rings is 2. The van der Waals surface area contributed by atoms with Crippen LogP contribution in [0.1, 0.15) is 85.1 Å². The largest absolute Gasteiger partial charge is 0.0776 e. The molecule has 0 saturated carbocycles. The van der Waals surface area contributed by atoms with Crippen molar-refractivity contribution in [1.82, 2.24) is 0 Å². The van der Waals surface area contributed by atoms with Crippen LogP contribution in [0.3, 0.4) is 0 Å². The molecular formula is C29H48. The first kappa shape index (κ1) is 27.4. The predicted octanol–water partition coefficient (Wildman–Crippen LogP) is 8.80. The molecule has 0 aliphatic carbocycles. The predicted molar refractivity (Wildman–Crippen MR) is 134 cm³/mol. The fraction of sp³-hybridized carbons (Fsp3) is 0.586. The first-order chi connectivity index (χ1) is 13.2. The summed E-state index contributed by atoms with van der Waals surface area (Å²) in [6, 6.07) is 18.1. The normalized spacial score (nSPS) is 10.9. The molecule has 0 radical (unpaired) electrons. The highest BCUT2D eigenvalue weighted by Gasteiger charge is 2.01. The molecular weight excluding hydrogens is 348 g/mol. The molecule has 0 nitrogen and oxygen atoms in total. The van der Waals surface area contributed by atoms with Gasteiger partial charge in [-0.2, -0.15) is 0 Å². The molecule has 0 N–H and O–H groups in total. The van der Waals surface area contributed by atoms with Crippen molar-refractivity contribution in [3.8, 4) is 0 Å². The van der Waals surface area contributed by atoms with E-state index in [2.05, 4.69) is 104 Å². The second-order valence-corrected chi connectivity index (χ2v) is 10.0. The van der Waals surface area contributed by atoms with Crippen molar-refractivity contribution >= 4 is 0 Å². The summed E-state index contributed by atoms with van der Waals surface area (Å²) < 4.78 is 0. The fourth-order valence-electron chi connectivity index (χ4n) is 3.58. The van der Waals surface area contributed by atoms with Gasteiger partial charge in [-0.05, 0) is 71.6 Å². The van der Waals surface area contributed by atoms with E-state index in [9.17, 15) is 0 Å². The van der Waals surface area contributed by atoms with E-state index in [0.29, 0.717) is 0 Å². The van der Waals surface area contributed by atoms with Crippen LogP contribution in [0.5, 0.6) is 0 Å². The summed E-state index contributed by atoms with van der Waals surface area (Å²) in [5.74, 6) is 3.02. The molecule has 0 saturated heterocycles. The molecule has 0 bridgehead atoms. The summed E-state index contributed by atoms with van der Waals surface area (Å²) in [5.41, 5.74) is 5.90. The highest BCUT2D eigenvalue weighted by atomic mass is 14.1. The van der Waals surface area contributed by atoms with Crippen molar-refractivity contribution in [3.05, 3.63) is 70.8 Å². The zero-order valence-corrected chi connectivity index (χ0v) is 19.8. The van der Waals surface area contributed by atoms with Gasteiger partial charge in [-0.3, -0.25) is 0 Å². The van der Waals surface area contributed by atoms with Crippen LogP contribution >= 0.6 is 0 Å². The molecule has 0 heteroatoms. The molecule has 0 aliphatic heterocycles. The third kappa shape index (κ3) is 13.3. The lowest BCUT2D eigenvalue weighted by Gasteiger charge is -2.09. The summed E-state index contributed by atoms with van der Waals surface area (Å²) in [7, 11) is 0. The van der Waals surface area contributed by atoms with Crippen molar-refractivity contribution in [1.29, 1.82) is 0 Å². The van der Waals surface area contributed by atoms with Gasteiger partial charge in [0.1, 0.15) is 0 Å². The molecule has 0 atom stereocenters. The first-order valence-electron chi connectivity index (χ1n) is 11.3. The van der Waals surface area contributed by atoms with Crippen molar-refractivity contribution in [2.24, 2.45) is 23.7 Å². The van der Waals surface area contributed by atoms with Crippen molar-refractivity contribution in [2.75, 3.05) is 0 Å². The van der Waals surface area contributed by atoms with Crippen molar-refractivity contribution < 1.29 is 0 Å². The summed E-state index contributed by atoms with van der Waals surface area (Å²) in [5, 5.41) is 0. The SMILES string of the molecule is C.CC(C)Cc1ccc(CC(C)C)cc1.CC(C)Cc1cccc(CC(C)C)c1. The van der Waals surface area contributed by atoms with Crippen LogP contribution < -0.4 is 0 Å². The lowest BCUT2D eigenvalue weighted by atomic mass is 9.97. The van der Waals surface area contributed by atoms with Crippen LogP contribution in [0.2, 0.25) is 0 Å². The quantitative estimate of drug-likeness (QED) is 0.418. The Balaban J connectivity index is 0.000000523. The standard InChI is InChI=1S/2C14H22.CH4/c1-11(2)9-13-5-7-14(8-6-13)10-12(3)4;1-11(2)8-13-6-5-7-14(10-13)9-12(3)4;/h5-8,11-12H,9-10H2,1-4H3;5-7,10-12H,8-9H2,1-4H3;1H4. The van der Waals surface area contributed by atoms with Gasteiger partial charge in [0.25, 0.3) is 0 Å². The Morgan fingerprint density at radius 1 is 0.448 bits per heavy atom. The number of hydrogen-bond acceptors (Lipinski definition) is 0. The van der Waals surface area contributed by atoms with Crippen molar-refractivity contribution in [3.63, 3.8) is 0 Å². The second-order valence-electron chi connectivity index (χ2n) is 10.0. The van der Waals surface area contributed by atoms with Crippen LogP contribution in [0, 0.1) is 23.7 Å². The maximum absolute atomic E-state index is 2.36. The van der Waals surface area contributed by atoms with Gasteiger partial charge in [-0.1, -0.05) is 111 Å². The van der Waals surface area contributed by atoms with Crippen LogP contribution in [0.25, 0.3) is 0 Å². The van der Waals surface area contributed by atoms with E-state index in [1.165, 1.54) is 47.9 Å². The Hall–Kier alpha value is -1.56. The van der Waals surface area contributed by atoms with Crippen LogP contribution in [-0.2, 0) is 25.7 Å². The molecule has 2 rings (SSSR count). The minimum absolute atomic E-state index is 0. The Kier molecular flexibility index (Phi) is 13.7. The zero-order chi connectivity index (χ0) is 21.1. The molecule has 0 fully saturated rings. The Bertz CT molecular complexity index is 590. The highest BCUT2D eigenvalue weighted by Crippen LogP contribution is 2.14. The van der Waals surface area contributed by atoms with Gasteiger partial charge < -0.3 is 0 Å². The second kappa shape index (κ2) is 14.4. The van der Waals surface area contributed by atoms with Crippen LogP contribution in [-0.4, -0.2) is 0 Å². The molecule has 0 heterocycles. The summed E-state index contributed by atoms with van der Waals surface area (Å²) in [4.78, 5) is 0. The van der Waals surface area contributed by atoms with Gasteiger partial charge in [-0.25, -0.2) is 0 Å². The minimum Gasteiger partial charge on any atom is -0.0776 e. The topological polar surface area (TPSA) is 0 Å².